The predicted molar refractivity (Wildman–Crippen MR) is 87.0 cm³/mol. The van der Waals surface area contributed by atoms with Crippen LogP contribution in [0.5, 0.6) is 11.5 Å². The molecule has 0 radical (unpaired) electrons. The van der Waals surface area contributed by atoms with Gasteiger partial charge in [-0.25, -0.2) is 0 Å². The molecule has 0 aliphatic heterocycles. The standard InChI is InChI=1S/C16H17IO3/c1-2-19-14-8-13(10-18)9-15(16(14)17)20-11-12-6-4-3-5-7-12/h3-9,18H,2,10-11H2,1H3. The van der Waals surface area contributed by atoms with Gasteiger partial charge in [0.05, 0.1) is 16.8 Å². The fourth-order valence-corrected chi connectivity index (χ4v) is 2.44. The summed E-state index contributed by atoms with van der Waals surface area (Å²) in [5.74, 6) is 1.49. The first-order valence-electron chi connectivity index (χ1n) is 6.47. The summed E-state index contributed by atoms with van der Waals surface area (Å²) in [6, 6.07) is 13.7. The van der Waals surface area contributed by atoms with E-state index in [9.17, 15) is 5.11 Å². The first-order valence-corrected chi connectivity index (χ1v) is 7.55. The van der Waals surface area contributed by atoms with Gasteiger partial charge in [0.25, 0.3) is 0 Å². The van der Waals surface area contributed by atoms with E-state index in [0.717, 1.165) is 26.2 Å². The second-order valence-corrected chi connectivity index (χ2v) is 5.35. The lowest BCUT2D eigenvalue weighted by Gasteiger charge is -2.14. The Morgan fingerprint density at radius 2 is 1.65 bits per heavy atom. The van der Waals surface area contributed by atoms with Crippen LogP contribution in [0, 0.1) is 3.57 Å². The molecule has 106 valence electrons. The van der Waals surface area contributed by atoms with E-state index in [-0.39, 0.29) is 6.61 Å². The van der Waals surface area contributed by atoms with Gasteiger partial charge in [-0.1, -0.05) is 30.3 Å². The predicted octanol–water partition coefficient (Wildman–Crippen LogP) is 3.76. The molecule has 0 bridgehead atoms. The zero-order chi connectivity index (χ0) is 14.4. The van der Waals surface area contributed by atoms with Crippen LogP contribution in [0.4, 0.5) is 0 Å². The first-order chi connectivity index (χ1) is 9.74. The van der Waals surface area contributed by atoms with Crippen molar-refractivity contribution in [2.75, 3.05) is 6.61 Å². The maximum atomic E-state index is 9.32. The van der Waals surface area contributed by atoms with Gasteiger partial charge < -0.3 is 14.6 Å². The van der Waals surface area contributed by atoms with E-state index in [1.807, 2.05) is 49.4 Å². The van der Waals surface area contributed by atoms with E-state index in [2.05, 4.69) is 22.6 Å². The molecule has 4 heteroatoms. The summed E-state index contributed by atoms with van der Waals surface area (Å²) in [4.78, 5) is 0. The molecular formula is C16H17IO3. The topological polar surface area (TPSA) is 38.7 Å². The molecule has 0 saturated carbocycles. The number of aliphatic hydroxyl groups excluding tert-OH is 1. The average Bonchev–Trinajstić information content (AvgIpc) is 2.49. The fourth-order valence-electron chi connectivity index (χ4n) is 1.82. The normalized spacial score (nSPS) is 10.3. The molecule has 0 fully saturated rings. The highest BCUT2D eigenvalue weighted by atomic mass is 127. The van der Waals surface area contributed by atoms with Crippen molar-refractivity contribution in [3.05, 3.63) is 57.2 Å². The van der Waals surface area contributed by atoms with E-state index in [1.54, 1.807) is 0 Å². The van der Waals surface area contributed by atoms with Crippen molar-refractivity contribution >= 4 is 22.6 Å². The molecule has 0 spiro atoms. The Bertz CT molecular complexity index is 555. The van der Waals surface area contributed by atoms with E-state index < -0.39 is 0 Å². The quantitative estimate of drug-likeness (QED) is 0.771. The van der Waals surface area contributed by atoms with E-state index in [0.29, 0.717) is 13.2 Å². The molecule has 2 aromatic rings. The van der Waals surface area contributed by atoms with E-state index in [1.165, 1.54) is 0 Å². The Hall–Kier alpha value is -1.27. The third-order valence-corrected chi connectivity index (χ3v) is 3.85. The Kier molecular flexibility index (Phi) is 5.67. The molecule has 20 heavy (non-hydrogen) atoms. The third kappa shape index (κ3) is 3.86. The Morgan fingerprint density at radius 1 is 1.00 bits per heavy atom. The lowest BCUT2D eigenvalue weighted by atomic mass is 10.2. The first kappa shape index (κ1) is 15.1. The highest BCUT2D eigenvalue weighted by Gasteiger charge is 2.11. The van der Waals surface area contributed by atoms with Gasteiger partial charge in [-0.3, -0.25) is 0 Å². The molecule has 3 nitrogen and oxygen atoms in total. The van der Waals surface area contributed by atoms with Crippen molar-refractivity contribution in [1.82, 2.24) is 0 Å². The average molecular weight is 384 g/mol. The van der Waals surface area contributed by atoms with E-state index >= 15 is 0 Å². The summed E-state index contributed by atoms with van der Waals surface area (Å²) >= 11 is 2.21. The minimum Gasteiger partial charge on any atom is -0.493 e. The number of hydrogen-bond donors (Lipinski definition) is 1. The monoisotopic (exact) mass is 384 g/mol. The second-order valence-electron chi connectivity index (χ2n) is 4.27. The van der Waals surface area contributed by atoms with Crippen molar-refractivity contribution in [3.63, 3.8) is 0 Å². The zero-order valence-corrected chi connectivity index (χ0v) is 13.5. The minimum absolute atomic E-state index is 0.0291. The van der Waals surface area contributed by atoms with Crippen LogP contribution in [0.15, 0.2) is 42.5 Å². The van der Waals surface area contributed by atoms with Crippen LogP contribution in [0.2, 0.25) is 0 Å². The number of benzene rings is 2. The number of rotatable bonds is 6. The van der Waals surface area contributed by atoms with Gasteiger partial charge in [0.1, 0.15) is 18.1 Å². The van der Waals surface area contributed by atoms with Gasteiger partial charge in [-0.2, -0.15) is 0 Å². The Labute approximate surface area is 132 Å². The maximum absolute atomic E-state index is 9.32. The van der Waals surface area contributed by atoms with Crippen LogP contribution < -0.4 is 9.47 Å². The SMILES string of the molecule is CCOc1cc(CO)cc(OCc2ccccc2)c1I. The molecule has 2 rings (SSSR count). The lowest BCUT2D eigenvalue weighted by molar-refractivity contribution is 0.273. The van der Waals surface area contributed by atoms with Crippen LogP contribution in [0.3, 0.4) is 0 Å². The summed E-state index contributed by atoms with van der Waals surface area (Å²) < 4.78 is 12.4. The van der Waals surface area contributed by atoms with Crippen molar-refractivity contribution in [3.8, 4) is 11.5 Å². The van der Waals surface area contributed by atoms with Crippen LogP contribution in [-0.2, 0) is 13.2 Å². The Balaban J connectivity index is 2.19. The number of hydrogen-bond acceptors (Lipinski definition) is 3. The molecule has 0 aromatic heterocycles. The van der Waals surface area contributed by atoms with Gasteiger partial charge in [0, 0.05) is 0 Å². The van der Waals surface area contributed by atoms with Gasteiger partial charge in [-0.05, 0) is 52.8 Å². The Morgan fingerprint density at radius 3 is 2.25 bits per heavy atom. The highest BCUT2D eigenvalue weighted by molar-refractivity contribution is 14.1. The molecular weight excluding hydrogens is 367 g/mol. The molecule has 1 N–H and O–H groups in total. The number of aliphatic hydroxyl groups is 1. The third-order valence-electron chi connectivity index (χ3n) is 2.79. The van der Waals surface area contributed by atoms with Crippen molar-refractivity contribution in [2.24, 2.45) is 0 Å². The summed E-state index contributed by atoms with van der Waals surface area (Å²) in [7, 11) is 0. The second kappa shape index (κ2) is 7.50. The van der Waals surface area contributed by atoms with Gasteiger partial charge in [0.2, 0.25) is 0 Å². The number of ether oxygens (including phenoxy) is 2. The molecule has 0 unspecified atom stereocenters. The summed E-state index contributed by atoms with van der Waals surface area (Å²) in [6.07, 6.45) is 0. The molecule has 0 aliphatic rings. The lowest BCUT2D eigenvalue weighted by Crippen LogP contribution is -2.01. The minimum atomic E-state index is -0.0291. The smallest absolute Gasteiger partial charge is 0.137 e. The molecule has 0 amide bonds. The van der Waals surface area contributed by atoms with Crippen molar-refractivity contribution in [1.29, 1.82) is 0 Å². The molecule has 0 aliphatic carbocycles. The summed E-state index contributed by atoms with van der Waals surface area (Å²) in [6.45, 7) is 2.99. The zero-order valence-electron chi connectivity index (χ0n) is 11.3. The molecule has 0 saturated heterocycles. The van der Waals surface area contributed by atoms with Crippen LogP contribution in [-0.4, -0.2) is 11.7 Å². The molecule has 0 atom stereocenters. The van der Waals surface area contributed by atoms with Crippen molar-refractivity contribution in [2.45, 2.75) is 20.1 Å². The molecule has 0 heterocycles. The molecule has 2 aromatic carbocycles. The maximum Gasteiger partial charge on any atom is 0.137 e. The van der Waals surface area contributed by atoms with Crippen LogP contribution >= 0.6 is 22.6 Å². The van der Waals surface area contributed by atoms with Crippen LogP contribution in [0.1, 0.15) is 18.1 Å². The van der Waals surface area contributed by atoms with Gasteiger partial charge >= 0.3 is 0 Å². The van der Waals surface area contributed by atoms with E-state index in [4.69, 9.17) is 9.47 Å². The number of halogens is 1. The van der Waals surface area contributed by atoms with Gasteiger partial charge in [-0.15, -0.1) is 0 Å². The summed E-state index contributed by atoms with van der Waals surface area (Å²) in [5, 5.41) is 9.32. The highest BCUT2D eigenvalue weighted by Crippen LogP contribution is 2.32. The van der Waals surface area contributed by atoms with Gasteiger partial charge in [0.15, 0.2) is 0 Å². The fraction of sp³-hybridized carbons (Fsp3) is 0.250. The van der Waals surface area contributed by atoms with Crippen LogP contribution in [0.25, 0.3) is 0 Å². The largest absolute Gasteiger partial charge is 0.493 e. The van der Waals surface area contributed by atoms with Crippen molar-refractivity contribution < 1.29 is 14.6 Å². The summed E-state index contributed by atoms with van der Waals surface area (Å²) in [5.41, 5.74) is 1.90.